The first-order valence-electron chi connectivity index (χ1n) is 7.47. The molecule has 1 aromatic rings. The van der Waals surface area contributed by atoms with Gasteiger partial charge < -0.3 is 15.2 Å². The molecule has 2 N–H and O–H groups in total. The van der Waals surface area contributed by atoms with E-state index in [9.17, 15) is 9.18 Å². The standard InChI is InChI=1S/C16H20FNO3/c17-12-7-11(8-13(18)9-12)15(19)20-10-14-3-6-16(21-14)4-1-2-5-16/h7-9,14H,1-6,10,18H2. The minimum absolute atomic E-state index is 0.0281. The Morgan fingerprint density at radius 1 is 1.33 bits per heavy atom. The van der Waals surface area contributed by atoms with Crippen molar-refractivity contribution in [1.29, 1.82) is 0 Å². The Kier molecular flexibility index (Phi) is 3.85. The number of halogens is 1. The molecule has 1 saturated carbocycles. The van der Waals surface area contributed by atoms with E-state index in [4.69, 9.17) is 15.2 Å². The van der Waals surface area contributed by atoms with E-state index < -0.39 is 11.8 Å². The highest BCUT2D eigenvalue weighted by Gasteiger charge is 2.42. The smallest absolute Gasteiger partial charge is 0.338 e. The van der Waals surface area contributed by atoms with Gasteiger partial charge in [0.05, 0.1) is 17.3 Å². The topological polar surface area (TPSA) is 61.6 Å². The van der Waals surface area contributed by atoms with E-state index in [2.05, 4.69) is 0 Å². The number of rotatable bonds is 3. The summed E-state index contributed by atoms with van der Waals surface area (Å²) in [6.45, 7) is 0.219. The summed E-state index contributed by atoms with van der Waals surface area (Å²) >= 11 is 0. The third kappa shape index (κ3) is 3.18. The molecule has 3 rings (SSSR count). The maximum absolute atomic E-state index is 13.2. The lowest BCUT2D eigenvalue weighted by atomic mass is 9.98. The molecule has 0 bridgehead atoms. The van der Waals surface area contributed by atoms with Crippen molar-refractivity contribution in [2.75, 3.05) is 12.3 Å². The average molecular weight is 293 g/mol. The Balaban J connectivity index is 1.54. The van der Waals surface area contributed by atoms with E-state index in [-0.39, 0.29) is 29.6 Å². The Labute approximate surface area is 123 Å². The van der Waals surface area contributed by atoms with Crippen molar-refractivity contribution >= 4 is 11.7 Å². The summed E-state index contributed by atoms with van der Waals surface area (Å²) in [5, 5.41) is 0. The lowest BCUT2D eigenvalue weighted by Crippen LogP contribution is -2.27. The third-order valence-corrected chi connectivity index (χ3v) is 4.41. The number of anilines is 1. The predicted octanol–water partition coefficient (Wildman–Crippen LogP) is 3.06. The fourth-order valence-corrected chi connectivity index (χ4v) is 3.38. The van der Waals surface area contributed by atoms with Crippen LogP contribution in [0.25, 0.3) is 0 Å². The Hall–Kier alpha value is -1.62. The van der Waals surface area contributed by atoms with Gasteiger partial charge in [-0.3, -0.25) is 0 Å². The van der Waals surface area contributed by atoms with Crippen LogP contribution >= 0.6 is 0 Å². The highest BCUT2D eigenvalue weighted by Crippen LogP contribution is 2.43. The fourth-order valence-electron chi connectivity index (χ4n) is 3.38. The SMILES string of the molecule is Nc1cc(F)cc(C(=O)OCC2CCC3(CCCC3)O2)c1. The molecule has 114 valence electrons. The van der Waals surface area contributed by atoms with Crippen molar-refractivity contribution in [2.45, 2.75) is 50.2 Å². The van der Waals surface area contributed by atoms with Crippen molar-refractivity contribution in [3.63, 3.8) is 0 Å². The lowest BCUT2D eigenvalue weighted by Gasteiger charge is -2.23. The van der Waals surface area contributed by atoms with Gasteiger partial charge in [0.25, 0.3) is 0 Å². The van der Waals surface area contributed by atoms with Gasteiger partial charge >= 0.3 is 5.97 Å². The zero-order chi connectivity index (χ0) is 14.9. The number of esters is 1. The molecule has 1 unspecified atom stereocenters. The van der Waals surface area contributed by atoms with Crippen LogP contribution in [0.4, 0.5) is 10.1 Å². The molecule has 1 heterocycles. The summed E-state index contributed by atoms with van der Waals surface area (Å²) in [7, 11) is 0. The highest BCUT2D eigenvalue weighted by molar-refractivity contribution is 5.90. The van der Waals surface area contributed by atoms with Crippen LogP contribution in [0.5, 0.6) is 0 Å². The molecule has 1 aliphatic heterocycles. The summed E-state index contributed by atoms with van der Waals surface area (Å²) in [6.07, 6.45) is 6.57. The molecule has 5 heteroatoms. The molecule has 2 fully saturated rings. The van der Waals surface area contributed by atoms with Gasteiger partial charge in [0.2, 0.25) is 0 Å². The molecule has 1 aliphatic carbocycles. The van der Waals surface area contributed by atoms with Crippen LogP contribution < -0.4 is 5.73 Å². The van der Waals surface area contributed by atoms with Gasteiger partial charge in [-0.15, -0.1) is 0 Å². The first-order chi connectivity index (χ1) is 10.1. The van der Waals surface area contributed by atoms with E-state index in [1.54, 1.807) is 0 Å². The molecule has 1 spiro atoms. The van der Waals surface area contributed by atoms with Gasteiger partial charge in [0.1, 0.15) is 12.4 Å². The first kappa shape index (κ1) is 14.3. The van der Waals surface area contributed by atoms with Crippen molar-refractivity contribution in [3.8, 4) is 0 Å². The van der Waals surface area contributed by atoms with Crippen LogP contribution in [-0.2, 0) is 9.47 Å². The van der Waals surface area contributed by atoms with Gasteiger partial charge in [-0.25, -0.2) is 9.18 Å². The molecule has 0 aromatic heterocycles. The van der Waals surface area contributed by atoms with Gasteiger partial charge in [-0.2, -0.15) is 0 Å². The molecule has 0 radical (unpaired) electrons. The van der Waals surface area contributed by atoms with Crippen LogP contribution in [0.2, 0.25) is 0 Å². The van der Waals surface area contributed by atoms with Crippen LogP contribution in [0.1, 0.15) is 48.9 Å². The van der Waals surface area contributed by atoms with Crippen molar-refractivity contribution in [1.82, 2.24) is 0 Å². The molecular formula is C16H20FNO3. The summed E-state index contributed by atoms with van der Waals surface area (Å²) in [4.78, 5) is 11.9. The zero-order valence-corrected chi connectivity index (χ0v) is 11.9. The minimum atomic E-state index is -0.558. The average Bonchev–Trinajstić information content (AvgIpc) is 3.06. The molecule has 4 nitrogen and oxygen atoms in total. The molecular weight excluding hydrogens is 273 g/mol. The second kappa shape index (κ2) is 5.64. The molecule has 2 aliphatic rings. The van der Waals surface area contributed by atoms with E-state index in [0.717, 1.165) is 31.7 Å². The maximum atomic E-state index is 13.2. The van der Waals surface area contributed by atoms with Gasteiger partial charge in [0, 0.05) is 5.69 Å². The number of benzene rings is 1. The van der Waals surface area contributed by atoms with Gasteiger partial charge in [-0.1, -0.05) is 12.8 Å². The Bertz CT molecular complexity index is 520. The number of carbonyl (C=O) groups excluding carboxylic acids is 1. The normalized spacial score (nSPS) is 23.6. The summed E-state index contributed by atoms with van der Waals surface area (Å²) in [5.41, 5.74) is 5.90. The maximum Gasteiger partial charge on any atom is 0.338 e. The van der Waals surface area contributed by atoms with Crippen LogP contribution in [0.3, 0.4) is 0 Å². The monoisotopic (exact) mass is 293 g/mol. The van der Waals surface area contributed by atoms with Gasteiger partial charge in [-0.05, 0) is 43.9 Å². The van der Waals surface area contributed by atoms with E-state index in [1.165, 1.54) is 25.0 Å². The number of ether oxygens (including phenoxy) is 2. The predicted molar refractivity (Wildman–Crippen MR) is 76.4 cm³/mol. The molecule has 1 atom stereocenters. The number of carbonyl (C=O) groups is 1. The van der Waals surface area contributed by atoms with E-state index >= 15 is 0 Å². The Morgan fingerprint density at radius 2 is 2.10 bits per heavy atom. The van der Waals surface area contributed by atoms with Crippen LogP contribution in [0.15, 0.2) is 18.2 Å². The fraction of sp³-hybridized carbons (Fsp3) is 0.562. The Morgan fingerprint density at radius 3 is 2.81 bits per heavy atom. The first-order valence-corrected chi connectivity index (χ1v) is 7.47. The van der Waals surface area contributed by atoms with Crippen LogP contribution in [0, 0.1) is 5.82 Å². The summed E-state index contributed by atoms with van der Waals surface area (Å²) in [6, 6.07) is 3.72. The second-order valence-corrected chi connectivity index (χ2v) is 6.04. The van der Waals surface area contributed by atoms with E-state index in [1.807, 2.05) is 0 Å². The molecule has 21 heavy (non-hydrogen) atoms. The van der Waals surface area contributed by atoms with Crippen LogP contribution in [-0.4, -0.2) is 24.3 Å². The van der Waals surface area contributed by atoms with Crippen molar-refractivity contribution in [3.05, 3.63) is 29.6 Å². The molecule has 0 amide bonds. The summed E-state index contributed by atoms with van der Waals surface area (Å²) in [5.74, 6) is -1.10. The zero-order valence-electron chi connectivity index (χ0n) is 11.9. The van der Waals surface area contributed by atoms with Crippen molar-refractivity contribution in [2.24, 2.45) is 0 Å². The number of nitrogen functional groups attached to an aromatic ring is 1. The minimum Gasteiger partial charge on any atom is -0.459 e. The summed E-state index contributed by atoms with van der Waals surface area (Å²) < 4.78 is 24.5. The second-order valence-electron chi connectivity index (χ2n) is 6.04. The van der Waals surface area contributed by atoms with Gasteiger partial charge in [0.15, 0.2) is 0 Å². The third-order valence-electron chi connectivity index (χ3n) is 4.41. The lowest BCUT2D eigenvalue weighted by molar-refractivity contribution is -0.0598. The molecule has 1 aromatic carbocycles. The molecule has 1 saturated heterocycles. The number of nitrogens with two attached hydrogens (primary N) is 1. The largest absolute Gasteiger partial charge is 0.459 e. The quantitative estimate of drug-likeness (QED) is 0.687. The highest BCUT2D eigenvalue weighted by atomic mass is 19.1. The van der Waals surface area contributed by atoms with Crippen molar-refractivity contribution < 1.29 is 18.7 Å². The van der Waals surface area contributed by atoms with E-state index in [0.29, 0.717) is 0 Å². The number of hydrogen-bond acceptors (Lipinski definition) is 4. The number of hydrogen-bond donors (Lipinski definition) is 1.